The second-order valence-electron chi connectivity index (χ2n) is 4.59. The summed E-state index contributed by atoms with van der Waals surface area (Å²) in [7, 11) is 0. The van der Waals surface area contributed by atoms with Crippen molar-refractivity contribution in [2.45, 2.75) is 6.92 Å². The van der Waals surface area contributed by atoms with Crippen LogP contribution in [-0.4, -0.2) is 10.2 Å². The number of aromatic nitrogens is 2. The van der Waals surface area contributed by atoms with Gasteiger partial charge in [-0.2, -0.15) is 0 Å². The van der Waals surface area contributed by atoms with Crippen LogP contribution in [0.3, 0.4) is 0 Å². The van der Waals surface area contributed by atoms with Gasteiger partial charge in [-0.1, -0.05) is 11.6 Å². The van der Waals surface area contributed by atoms with Crippen LogP contribution in [0, 0.1) is 24.4 Å². The lowest BCUT2D eigenvalue weighted by atomic mass is 10.1. The second-order valence-corrected chi connectivity index (χ2v) is 5.03. The minimum atomic E-state index is -1.58. The second kappa shape index (κ2) is 5.46. The lowest BCUT2D eigenvalue weighted by Gasteiger charge is -2.01. The Kier molecular flexibility index (Phi) is 3.62. The molecule has 7 heteroatoms. The molecule has 0 aliphatic rings. The molecule has 2 aromatic carbocycles. The summed E-state index contributed by atoms with van der Waals surface area (Å²) in [6.07, 6.45) is 0. The van der Waals surface area contributed by atoms with E-state index in [0.717, 1.165) is 17.7 Å². The van der Waals surface area contributed by atoms with Crippen LogP contribution in [0.15, 0.2) is 34.7 Å². The zero-order valence-electron chi connectivity index (χ0n) is 11.2. The van der Waals surface area contributed by atoms with Gasteiger partial charge in [-0.3, -0.25) is 0 Å². The van der Waals surface area contributed by atoms with Crippen LogP contribution in [0.1, 0.15) is 5.56 Å². The Balaban J connectivity index is 2.06. The topological polar surface area (TPSA) is 38.9 Å². The fourth-order valence-electron chi connectivity index (χ4n) is 2.00. The van der Waals surface area contributed by atoms with E-state index in [9.17, 15) is 13.2 Å². The lowest BCUT2D eigenvalue weighted by molar-refractivity contribution is 0.446. The molecule has 0 atom stereocenters. The fourth-order valence-corrected chi connectivity index (χ4v) is 2.23. The van der Waals surface area contributed by atoms with E-state index in [1.54, 1.807) is 25.1 Å². The van der Waals surface area contributed by atoms with Gasteiger partial charge >= 0.3 is 0 Å². The number of rotatable bonds is 2. The van der Waals surface area contributed by atoms with Crippen LogP contribution in [0.25, 0.3) is 22.9 Å². The van der Waals surface area contributed by atoms with Crippen molar-refractivity contribution in [2.24, 2.45) is 0 Å². The zero-order valence-corrected chi connectivity index (χ0v) is 12.0. The molecule has 0 aliphatic carbocycles. The summed E-state index contributed by atoms with van der Waals surface area (Å²) >= 11 is 5.87. The van der Waals surface area contributed by atoms with Crippen molar-refractivity contribution >= 4 is 11.6 Å². The van der Waals surface area contributed by atoms with Gasteiger partial charge in [0.25, 0.3) is 5.89 Å². The predicted octanol–water partition coefficient (Wildman–Crippen LogP) is 4.78. The third-order valence-electron chi connectivity index (χ3n) is 3.11. The number of aryl methyl sites for hydroxylation is 1. The van der Waals surface area contributed by atoms with Crippen LogP contribution >= 0.6 is 11.6 Å². The molecule has 0 spiro atoms. The minimum absolute atomic E-state index is 0.133. The first kappa shape index (κ1) is 14.6. The van der Waals surface area contributed by atoms with Gasteiger partial charge in [0, 0.05) is 10.6 Å². The van der Waals surface area contributed by atoms with Crippen molar-refractivity contribution in [1.82, 2.24) is 10.2 Å². The van der Waals surface area contributed by atoms with E-state index >= 15 is 0 Å². The minimum Gasteiger partial charge on any atom is -0.416 e. The van der Waals surface area contributed by atoms with Crippen molar-refractivity contribution in [3.8, 4) is 22.9 Å². The number of nitrogens with zero attached hydrogens (tertiary/aromatic N) is 2. The third-order valence-corrected chi connectivity index (χ3v) is 3.34. The Bertz CT molecular complexity index is 864. The monoisotopic (exact) mass is 324 g/mol. The van der Waals surface area contributed by atoms with E-state index in [1.165, 1.54) is 0 Å². The quantitative estimate of drug-likeness (QED) is 0.637. The van der Waals surface area contributed by atoms with Gasteiger partial charge in [-0.25, -0.2) is 13.2 Å². The Morgan fingerprint density at radius 1 is 0.909 bits per heavy atom. The first-order valence-electron chi connectivity index (χ1n) is 6.21. The predicted molar refractivity (Wildman–Crippen MR) is 74.8 cm³/mol. The molecule has 0 fully saturated rings. The Morgan fingerprint density at radius 2 is 1.55 bits per heavy atom. The first-order valence-corrected chi connectivity index (χ1v) is 6.59. The summed E-state index contributed by atoms with van der Waals surface area (Å²) in [4.78, 5) is 0. The van der Waals surface area contributed by atoms with Crippen LogP contribution in [0.4, 0.5) is 13.2 Å². The molecule has 0 bridgehead atoms. The van der Waals surface area contributed by atoms with Gasteiger partial charge in [0.2, 0.25) is 5.89 Å². The molecule has 1 heterocycles. The number of halogens is 4. The van der Waals surface area contributed by atoms with E-state index in [-0.39, 0.29) is 17.3 Å². The SMILES string of the molecule is Cc1cc(Cl)ccc1-c1nnc(-c2ccc(F)c(F)c2F)o1. The molecule has 112 valence electrons. The standard InChI is InChI=1S/C15H8ClF3N2O/c1-7-6-8(16)2-3-9(7)14-20-21-15(22-14)10-4-5-11(17)13(19)12(10)18/h2-6H,1H3. The summed E-state index contributed by atoms with van der Waals surface area (Å²) in [5.74, 6) is -4.34. The van der Waals surface area contributed by atoms with E-state index in [2.05, 4.69) is 10.2 Å². The molecule has 0 N–H and O–H groups in total. The van der Waals surface area contributed by atoms with Crippen LogP contribution < -0.4 is 0 Å². The highest BCUT2D eigenvalue weighted by atomic mass is 35.5. The molecule has 3 aromatic rings. The highest BCUT2D eigenvalue weighted by Gasteiger charge is 2.20. The molecule has 0 unspecified atom stereocenters. The van der Waals surface area contributed by atoms with E-state index in [0.29, 0.717) is 10.6 Å². The summed E-state index contributed by atoms with van der Waals surface area (Å²) in [5.41, 5.74) is 1.10. The highest BCUT2D eigenvalue weighted by molar-refractivity contribution is 6.30. The van der Waals surface area contributed by atoms with Gasteiger partial charge in [0.15, 0.2) is 17.5 Å². The molecule has 1 aromatic heterocycles. The maximum atomic E-state index is 13.7. The summed E-state index contributed by atoms with van der Waals surface area (Å²) < 4.78 is 45.3. The lowest BCUT2D eigenvalue weighted by Crippen LogP contribution is -1.93. The molecular weight excluding hydrogens is 317 g/mol. The third kappa shape index (κ3) is 2.46. The van der Waals surface area contributed by atoms with Crippen molar-refractivity contribution in [3.63, 3.8) is 0 Å². The molecule has 3 nitrogen and oxygen atoms in total. The number of hydrogen-bond acceptors (Lipinski definition) is 3. The Hall–Kier alpha value is -2.34. The average molecular weight is 325 g/mol. The number of benzene rings is 2. The van der Waals surface area contributed by atoms with Gasteiger partial charge in [-0.05, 0) is 42.8 Å². The molecule has 0 amide bonds. The highest BCUT2D eigenvalue weighted by Crippen LogP contribution is 2.30. The zero-order chi connectivity index (χ0) is 15.9. The molecule has 0 aliphatic heterocycles. The molecular formula is C15H8ClF3N2O. The largest absolute Gasteiger partial charge is 0.416 e. The van der Waals surface area contributed by atoms with Gasteiger partial charge < -0.3 is 4.42 Å². The normalized spacial score (nSPS) is 11.0. The van der Waals surface area contributed by atoms with E-state index in [4.69, 9.17) is 16.0 Å². The fraction of sp³-hybridized carbons (Fsp3) is 0.0667. The average Bonchev–Trinajstić information content (AvgIpc) is 2.94. The van der Waals surface area contributed by atoms with Gasteiger partial charge in [-0.15, -0.1) is 10.2 Å². The molecule has 22 heavy (non-hydrogen) atoms. The molecule has 0 saturated heterocycles. The van der Waals surface area contributed by atoms with Crippen LogP contribution in [0.2, 0.25) is 5.02 Å². The summed E-state index contributed by atoms with van der Waals surface area (Å²) in [5, 5.41) is 8.03. The van der Waals surface area contributed by atoms with Crippen LogP contribution in [-0.2, 0) is 0 Å². The maximum absolute atomic E-state index is 13.7. The molecule has 3 rings (SSSR count). The van der Waals surface area contributed by atoms with Crippen LogP contribution in [0.5, 0.6) is 0 Å². The summed E-state index contributed by atoms with van der Waals surface area (Å²) in [6, 6.07) is 6.87. The van der Waals surface area contributed by atoms with Crippen molar-refractivity contribution in [3.05, 3.63) is 58.4 Å². The van der Waals surface area contributed by atoms with Crippen molar-refractivity contribution < 1.29 is 17.6 Å². The Morgan fingerprint density at radius 3 is 2.23 bits per heavy atom. The van der Waals surface area contributed by atoms with Gasteiger partial charge in [0.05, 0.1) is 5.56 Å². The van der Waals surface area contributed by atoms with Gasteiger partial charge in [0.1, 0.15) is 0 Å². The molecule has 0 saturated carbocycles. The van der Waals surface area contributed by atoms with Crippen molar-refractivity contribution in [1.29, 1.82) is 0 Å². The Labute approximate surface area is 128 Å². The van der Waals surface area contributed by atoms with E-state index < -0.39 is 17.5 Å². The van der Waals surface area contributed by atoms with E-state index in [1.807, 2.05) is 0 Å². The smallest absolute Gasteiger partial charge is 0.251 e. The molecule has 0 radical (unpaired) electrons. The number of hydrogen-bond donors (Lipinski definition) is 0. The first-order chi connectivity index (χ1) is 10.5. The summed E-state index contributed by atoms with van der Waals surface area (Å²) in [6.45, 7) is 1.79. The maximum Gasteiger partial charge on any atom is 0.251 e. The van der Waals surface area contributed by atoms with Crippen molar-refractivity contribution in [2.75, 3.05) is 0 Å².